The minimum atomic E-state index is -0.435. The van der Waals surface area contributed by atoms with Crippen LogP contribution in [0.2, 0.25) is 0 Å². The van der Waals surface area contributed by atoms with Crippen molar-refractivity contribution in [2.24, 2.45) is 5.73 Å². The van der Waals surface area contributed by atoms with Crippen molar-refractivity contribution in [3.8, 4) is 11.1 Å². The van der Waals surface area contributed by atoms with E-state index in [0.717, 1.165) is 11.3 Å². The van der Waals surface area contributed by atoms with Crippen LogP contribution >= 0.6 is 12.2 Å². The molecule has 4 rings (SSSR count). The Morgan fingerprint density at radius 1 is 1.00 bits per heavy atom. The first-order valence-electron chi connectivity index (χ1n) is 10.0. The SMILES string of the molecule is NC(=S)Nc1cccc(C=CCNC(=O)OCC2c3ccccc3-c3ccccc32)c1. The minimum absolute atomic E-state index is 0.0533. The summed E-state index contributed by atoms with van der Waals surface area (Å²) in [6.07, 6.45) is 3.34. The predicted octanol–water partition coefficient (Wildman–Crippen LogP) is 4.89. The van der Waals surface area contributed by atoms with E-state index in [2.05, 4.69) is 34.9 Å². The molecule has 0 heterocycles. The number of anilines is 1. The van der Waals surface area contributed by atoms with E-state index >= 15 is 0 Å². The fourth-order valence-electron chi connectivity index (χ4n) is 3.85. The molecule has 6 heteroatoms. The van der Waals surface area contributed by atoms with E-state index in [9.17, 15) is 4.79 Å². The number of nitrogens with two attached hydrogens (primary N) is 1. The molecule has 31 heavy (non-hydrogen) atoms. The number of rotatable bonds is 6. The van der Waals surface area contributed by atoms with Gasteiger partial charge >= 0.3 is 6.09 Å². The smallest absolute Gasteiger partial charge is 0.407 e. The van der Waals surface area contributed by atoms with Crippen molar-refractivity contribution in [1.82, 2.24) is 5.32 Å². The van der Waals surface area contributed by atoms with Gasteiger partial charge in [0.2, 0.25) is 0 Å². The van der Waals surface area contributed by atoms with Gasteiger partial charge in [-0.25, -0.2) is 4.79 Å². The van der Waals surface area contributed by atoms with Crippen LogP contribution in [0.25, 0.3) is 17.2 Å². The summed E-state index contributed by atoms with van der Waals surface area (Å²) in [5, 5.41) is 5.88. The maximum atomic E-state index is 12.2. The van der Waals surface area contributed by atoms with E-state index in [0.29, 0.717) is 13.2 Å². The van der Waals surface area contributed by atoms with Gasteiger partial charge in [0.1, 0.15) is 6.61 Å². The normalized spacial score (nSPS) is 12.3. The Morgan fingerprint density at radius 2 is 1.68 bits per heavy atom. The van der Waals surface area contributed by atoms with Crippen LogP contribution in [0.1, 0.15) is 22.6 Å². The Morgan fingerprint density at radius 3 is 2.35 bits per heavy atom. The lowest BCUT2D eigenvalue weighted by Gasteiger charge is -2.14. The van der Waals surface area contributed by atoms with E-state index in [1.54, 1.807) is 0 Å². The number of benzene rings is 3. The summed E-state index contributed by atoms with van der Waals surface area (Å²) in [5.74, 6) is 0.0533. The maximum Gasteiger partial charge on any atom is 0.407 e. The summed E-state index contributed by atoms with van der Waals surface area (Å²) >= 11 is 4.85. The van der Waals surface area contributed by atoms with E-state index < -0.39 is 6.09 Å². The first kappa shape index (κ1) is 20.6. The van der Waals surface area contributed by atoms with Gasteiger partial charge in [0.15, 0.2) is 5.11 Å². The molecular formula is C25H23N3O2S. The molecule has 5 nitrogen and oxygen atoms in total. The molecule has 0 spiro atoms. The molecule has 0 aliphatic heterocycles. The third-order valence-corrected chi connectivity index (χ3v) is 5.27. The number of ether oxygens (including phenoxy) is 1. The maximum absolute atomic E-state index is 12.2. The standard InChI is InChI=1S/C25H23N3O2S/c26-24(31)28-18-9-5-7-17(15-18)8-6-14-27-25(29)30-16-23-21-12-3-1-10-19(21)20-11-2-4-13-22(20)23/h1-13,15,23H,14,16H2,(H,27,29)(H3,26,28,31). The third-order valence-electron chi connectivity index (χ3n) is 5.17. The van der Waals surface area contributed by atoms with Crippen molar-refractivity contribution < 1.29 is 9.53 Å². The molecule has 3 aromatic rings. The van der Waals surface area contributed by atoms with Gasteiger partial charge in [0, 0.05) is 18.2 Å². The average molecular weight is 430 g/mol. The highest BCUT2D eigenvalue weighted by Gasteiger charge is 2.28. The van der Waals surface area contributed by atoms with Crippen LogP contribution in [-0.2, 0) is 4.74 Å². The Hall–Kier alpha value is -3.64. The lowest BCUT2D eigenvalue weighted by molar-refractivity contribution is 0.144. The number of thiocarbonyl (C=S) groups is 1. The lowest BCUT2D eigenvalue weighted by atomic mass is 9.98. The first-order valence-corrected chi connectivity index (χ1v) is 10.4. The van der Waals surface area contributed by atoms with Crippen molar-refractivity contribution in [2.45, 2.75) is 5.92 Å². The number of hydrogen-bond donors (Lipinski definition) is 3. The highest BCUT2D eigenvalue weighted by Crippen LogP contribution is 2.44. The zero-order valence-electron chi connectivity index (χ0n) is 16.9. The monoisotopic (exact) mass is 429 g/mol. The summed E-state index contributed by atoms with van der Waals surface area (Å²) in [5.41, 5.74) is 12.1. The van der Waals surface area contributed by atoms with Gasteiger partial charge in [0.05, 0.1) is 0 Å². The summed E-state index contributed by atoms with van der Waals surface area (Å²) in [7, 11) is 0. The zero-order valence-corrected chi connectivity index (χ0v) is 17.7. The molecule has 0 aromatic heterocycles. The van der Waals surface area contributed by atoms with Gasteiger partial charge in [-0.2, -0.15) is 0 Å². The Balaban J connectivity index is 1.30. The number of carbonyl (C=O) groups excluding carboxylic acids is 1. The molecule has 0 bridgehead atoms. The number of fused-ring (bicyclic) bond motifs is 3. The van der Waals surface area contributed by atoms with Crippen molar-refractivity contribution >= 4 is 35.2 Å². The van der Waals surface area contributed by atoms with Crippen LogP contribution in [-0.4, -0.2) is 24.4 Å². The van der Waals surface area contributed by atoms with Gasteiger partial charge in [-0.3, -0.25) is 0 Å². The second-order valence-corrected chi connectivity index (χ2v) is 7.66. The molecule has 3 aromatic carbocycles. The van der Waals surface area contributed by atoms with Crippen molar-refractivity contribution in [3.63, 3.8) is 0 Å². The van der Waals surface area contributed by atoms with E-state index in [-0.39, 0.29) is 11.0 Å². The summed E-state index contributed by atoms with van der Waals surface area (Å²) < 4.78 is 5.53. The summed E-state index contributed by atoms with van der Waals surface area (Å²) in [6, 6.07) is 24.2. The van der Waals surface area contributed by atoms with Crippen LogP contribution in [0, 0.1) is 0 Å². The van der Waals surface area contributed by atoms with Crippen molar-refractivity contribution in [1.29, 1.82) is 0 Å². The summed E-state index contributed by atoms with van der Waals surface area (Å²) in [6.45, 7) is 0.667. The fraction of sp³-hybridized carbons (Fsp3) is 0.120. The molecule has 156 valence electrons. The van der Waals surface area contributed by atoms with Crippen LogP contribution in [0.3, 0.4) is 0 Å². The quantitative estimate of drug-likeness (QED) is 0.486. The van der Waals surface area contributed by atoms with Gasteiger partial charge in [-0.15, -0.1) is 0 Å². The largest absolute Gasteiger partial charge is 0.449 e. The highest BCUT2D eigenvalue weighted by atomic mass is 32.1. The third kappa shape index (κ3) is 4.92. The number of carbonyl (C=O) groups is 1. The van der Waals surface area contributed by atoms with Crippen molar-refractivity contribution in [2.75, 3.05) is 18.5 Å². The molecule has 0 unspecified atom stereocenters. The predicted molar refractivity (Wildman–Crippen MR) is 129 cm³/mol. The molecule has 0 radical (unpaired) electrons. The van der Waals surface area contributed by atoms with E-state index in [1.807, 2.05) is 60.7 Å². The lowest BCUT2D eigenvalue weighted by Crippen LogP contribution is -2.26. The molecule has 1 amide bonds. The highest BCUT2D eigenvalue weighted by molar-refractivity contribution is 7.80. The van der Waals surface area contributed by atoms with Crippen molar-refractivity contribution in [3.05, 3.63) is 95.6 Å². The van der Waals surface area contributed by atoms with E-state index in [1.165, 1.54) is 22.3 Å². The van der Waals surface area contributed by atoms with Crippen LogP contribution in [0.4, 0.5) is 10.5 Å². The zero-order chi connectivity index (χ0) is 21.6. The van der Waals surface area contributed by atoms with Crippen LogP contribution < -0.4 is 16.4 Å². The van der Waals surface area contributed by atoms with Gasteiger partial charge in [-0.1, -0.05) is 72.8 Å². The molecule has 1 aliphatic carbocycles. The molecule has 1 aliphatic rings. The minimum Gasteiger partial charge on any atom is -0.449 e. The average Bonchev–Trinajstić information content (AvgIpc) is 3.09. The molecule has 0 atom stereocenters. The van der Waals surface area contributed by atoms with Gasteiger partial charge in [-0.05, 0) is 52.2 Å². The molecule has 0 saturated heterocycles. The van der Waals surface area contributed by atoms with Crippen LogP contribution in [0.15, 0.2) is 78.9 Å². The number of hydrogen-bond acceptors (Lipinski definition) is 3. The molecule has 0 fully saturated rings. The first-order chi connectivity index (χ1) is 15.1. The number of alkyl carbamates (subject to hydrolysis) is 1. The Kier molecular flexibility index (Phi) is 6.29. The van der Waals surface area contributed by atoms with Crippen LogP contribution in [0.5, 0.6) is 0 Å². The Bertz CT molecular complexity index is 1100. The number of nitrogens with one attached hydrogen (secondary N) is 2. The topological polar surface area (TPSA) is 76.4 Å². The Labute approximate surface area is 186 Å². The second kappa shape index (κ2) is 9.45. The fourth-order valence-corrected chi connectivity index (χ4v) is 3.97. The summed E-state index contributed by atoms with van der Waals surface area (Å²) in [4.78, 5) is 12.2. The number of amides is 1. The van der Waals surface area contributed by atoms with E-state index in [4.69, 9.17) is 22.7 Å². The second-order valence-electron chi connectivity index (χ2n) is 7.22. The van der Waals surface area contributed by atoms with Gasteiger partial charge < -0.3 is 21.1 Å². The molecule has 4 N–H and O–H groups in total. The molecular weight excluding hydrogens is 406 g/mol. The molecule has 0 saturated carbocycles. The van der Waals surface area contributed by atoms with Gasteiger partial charge in [0.25, 0.3) is 0 Å².